The molecule has 0 aromatic carbocycles. The summed E-state index contributed by atoms with van der Waals surface area (Å²) in [4.78, 5) is 15.1. The average Bonchev–Trinajstić information content (AvgIpc) is 2.74. The molecule has 96 valence electrons. The summed E-state index contributed by atoms with van der Waals surface area (Å²) in [6, 6.07) is 6.26. The number of pyridine rings is 1. The van der Waals surface area contributed by atoms with Gasteiger partial charge in [0.25, 0.3) is 0 Å². The second-order valence-corrected chi connectivity index (χ2v) is 4.86. The second kappa shape index (κ2) is 5.85. The van der Waals surface area contributed by atoms with Crippen molar-refractivity contribution in [1.82, 2.24) is 8.96 Å². The average molecular weight is 291 g/mol. The van der Waals surface area contributed by atoms with Crippen LogP contribution in [0.5, 0.6) is 0 Å². The van der Waals surface area contributed by atoms with E-state index in [9.17, 15) is 13.2 Å². The van der Waals surface area contributed by atoms with E-state index in [0.717, 1.165) is 6.20 Å². The normalized spacial score (nSPS) is 10.8. The van der Waals surface area contributed by atoms with Crippen LogP contribution in [0.3, 0.4) is 0 Å². The molecule has 0 saturated heterocycles. The molecule has 0 fully saturated rings. The van der Waals surface area contributed by atoms with Crippen LogP contribution in [-0.2, 0) is 10.2 Å². The molecule has 2 rings (SSSR count). The maximum absolute atomic E-state index is 11.3. The molecular weight excluding hydrogens is 281 g/mol. The third-order valence-corrected chi connectivity index (χ3v) is 3.12. The van der Waals surface area contributed by atoms with Gasteiger partial charge in [-0.1, -0.05) is 6.07 Å². The summed E-state index contributed by atoms with van der Waals surface area (Å²) >= 11 is 0. The predicted octanol–water partition coefficient (Wildman–Crippen LogP) is -0.349. The molecule has 0 unspecified atom stereocenters. The van der Waals surface area contributed by atoms with Gasteiger partial charge in [0, 0.05) is 18.0 Å². The second-order valence-electron chi connectivity index (χ2n) is 3.44. The number of carbonyl (C=O) groups is 1. The van der Waals surface area contributed by atoms with Gasteiger partial charge in [0.05, 0.1) is 5.69 Å². The van der Waals surface area contributed by atoms with Crippen LogP contribution < -0.4 is 5.14 Å². The molecule has 2 aromatic heterocycles. The van der Waals surface area contributed by atoms with Gasteiger partial charge in [0.1, 0.15) is 0 Å². The number of aromatic carboxylic acids is 1. The Morgan fingerprint density at radius 1 is 1.32 bits per heavy atom. The molecule has 0 atom stereocenters. The SMILES string of the molecule is NS(=O)(=O)n1ccc(-c2ccccn2)c1C(=O)O.[NaH]. The predicted molar refractivity (Wildman–Crippen MR) is 70.3 cm³/mol. The van der Waals surface area contributed by atoms with E-state index < -0.39 is 21.9 Å². The van der Waals surface area contributed by atoms with E-state index in [4.69, 9.17) is 10.2 Å². The van der Waals surface area contributed by atoms with E-state index in [1.54, 1.807) is 18.2 Å². The third-order valence-electron chi connectivity index (χ3n) is 2.27. The van der Waals surface area contributed by atoms with Crippen molar-refractivity contribution in [2.75, 3.05) is 0 Å². The number of hydrogen-bond donors (Lipinski definition) is 2. The number of hydrogen-bond acceptors (Lipinski definition) is 4. The molecule has 2 aromatic rings. The minimum absolute atomic E-state index is 0. The van der Waals surface area contributed by atoms with E-state index in [-0.39, 0.29) is 35.1 Å². The monoisotopic (exact) mass is 291 g/mol. The molecule has 0 aliphatic heterocycles. The van der Waals surface area contributed by atoms with Crippen LogP contribution in [0.1, 0.15) is 10.5 Å². The maximum atomic E-state index is 11.3. The molecule has 3 N–H and O–H groups in total. The topological polar surface area (TPSA) is 115 Å². The summed E-state index contributed by atoms with van der Waals surface area (Å²) in [7, 11) is -4.16. The van der Waals surface area contributed by atoms with Crippen molar-refractivity contribution < 1.29 is 18.3 Å². The van der Waals surface area contributed by atoms with Crippen LogP contribution in [0.15, 0.2) is 36.7 Å². The van der Waals surface area contributed by atoms with Crippen LogP contribution in [0.4, 0.5) is 0 Å². The zero-order chi connectivity index (χ0) is 13.3. The number of aromatic nitrogens is 2. The Kier molecular flexibility index (Phi) is 4.88. The van der Waals surface area contributed by atoms with E-state index in [0.29, 0.717) is 9.67 Å². The molecule has 7 nitrogen and oxygen atoms in total. The van der Waals surface area contributed by atoms with E-state index in [2.05, 4.69) is 4.98 Å². The van der Waals surface area contributed by atoms with E-state index in [1.165, 1.54) is 12.3 Å². The zero-order valence-electron chi connectivity index (χ0n) is 9.02. The van der Waals surface area contributed by atoms with Crippen molar-refractivity contribution in [3.63, 3.8) is 0 Å². The molecule has 0 aliphatic rings. The Morgan fingerprint density at radius 2 is 2.00 bits per heavy atom. The van der Waals surface area contributed by atoms with Gasteiger partial charge in [-0.2, -0.15) is 8.42 Å². The van der Waals surface area contributed by atoms with Gasteiger partial charge in [0.2, 0.25) is 0 Å². The Balaban J connectivity index is 0.00000180. The van der Waals surface area contributed by atoms with Crippen molar-refractivity contribution in [3.05, 3.63) is 42.4 Å². The summed E-state index contributed by atoms with van der Waals surface area (Å²) < 4.78 is 23.0. The van der Waals surface area contributed by atoms with Crippen LogP contribution >= 0.6 is 0 Å². The number of nitrogens with zero attached hydrogens (tertiary/aromatic N) is 2. The summed E-state index contributed by atoms with van der Waals surface area (Å²) in [5.41, 5.74) is 0.116. The van der Waals surface area contributed by atoms with Gasteiger partial charge >= 0.3 is 45.7 Å². The first-order valence-electron chi connectivity index (χ1n) is 4.80. The minimum atomic E-state index is -4.16. The zero-order valence-corrected chi connectivity index (χ0v) is 9.83. The Hall–Kier alpha value is -1.19. The fourth-order valence-electron chi connectivity index (χ4n) is 1.56. The van der Waals surface area contributed by atoms with Crippen molar-refractivity contribution in [2.24, 2.45) is 5.14 Å². The summed E-state index contributed by atoms with van der Waals surface area (Å²) in [5.74, 6) is -1.39. The summed E-state index contributed by atoms with van der Waals surface area (Å²) in [6.45, 7) is 0. The molecule has 0 amide bonds. The number of carboxylic acid groups (broad SMARTS) is 1. The molecule has 0 spiro atoms. The van der Waals surface area contributed by atoms with Gasteiger partial charge in [0.15, 0.2) is 5.69 Å². The van der Waals surface area contributed by atoms with Crippen LogP contribution in [0.25, 0.3) is 11.3 Å². The van der Waals surface area contributed by atoms with Crippen LogP contribution in [-0.4, -0.2) is 58.0 Å². The molecular formula is C10H10N3NaO4S. The van der Waals surface area contributed by atoms with Gasteiger partial charge in [-0.05, 0) is 18.2 Å². The third kappa shape index (κ3) is 3.23. The molecule has 9 heteroatoms. The number of nitrogens with two attached hydrogens (primary N) is 1. The molecule has 0 radical (unpaired) electrons. The Labute approximate surface area is 131 Å². The summed E-state index contributed by atoms with van der Waals surface area (Å²) in [5, 5.41) is 14.0. The van der Waals surface area contributed by atoms with Crippen molar-refractivity contribution in [2.45, 2.75) is 0 Å². The van der Waals surface area contributed by atoms with Crippen molar-refractivity contribution in [1.29, 1.82) is 0 Å². The number of carboxylic acids is 1. The molecule has 0 bridgehead atoms. The molecule has 0 aliphatic carbocycles. The first kappa shape index (κ1) is 15.9. The fourth-order valence-corrected chi connectivity index (χ4v) is 2.23. The van der Waals surface area contributed by atoms with Crippen LogP contribution in [0.2, 0.25) is 0 Å². The van der Waals surface area contributed by atoms with Crippen molar-refractivity contribution >= 4 is 45.7 Å². The fraction of sp³-hybridized carbons (Fsp3) is 0. The van der Waals surface area contributed by atoms with Crippen LogP contribution in [0, 0.1) is 0 Å². The molecule has 19 heavy (non-hydrogen) atoms. The standard InChI is InChI=1S/C10H9N3O4S.Na.H/c11-18(16,17)13-6-4-7(9(13)10(14)15)8-3-1-2-5-12-8;;/h1-6H,(H,14,15)(H2,11,16,17);;. The van der Waals surface area contributed by atoms with Gasteiger partial charge in [-0.15, -0.1) is 0 Å². The first-order chi connectivity index (χ1) is 8.41. The summed E-state index contributed by atoms with van der Waals surface area (Å²) in [6.07, 6.45) is 2.57. The van der Waals surface area contributed by atoms with Gasteiger partial charge in [-0.25, -0.2) is 13.9 Å². The van der Waals surface area contributed by atoms with E-state index in [1.807, 2.05) is 0 Å². The van der Waals surface area contributed by atoms with E-state index >= 15 is 0 Å². The Morgan fingerprint density at radius 3 is 2.47 bits per heavy atom. The quantitative estimate of drug-likeness (QED) is 0.750. The number of rotatable bonds is 3. The molecule has 2 heterocycles. The van der Waals surface area contributed by atoms with Gasteiger partial charge in [-0.3, -0.25) is 4.98 Å². The first-order valence-corrected chi connectivity index (χ1v) is 6.31. The Bertz CT molecular complexity index is 697. The van der Waals surface area contributed by atoms with Gasteiger partial charge < -0.3 is 5.11 Å². The van der Waals surface area contributed by atoms with Crippen molar-refractivity contribution in [3.8, 4) is 11.3 Å². The molecule has 0 saturated carbocycles.